The average Bonchev–Trinajstić information content (AvgIpc) is 1.54. The van der Waals surface area contributed by atoms with E-state index in [4.69, 9.17) is 37.0 Å². The Kier molecular flexibility index (Phi) is 63.7. The van der Waals surface area contributed by atoms with Gasteiger partial charge in [0.25, 0.3) is 0 Å². The molecule has 0 radical (unpaired) electrons. The number of esters is 4. The summed E-state index contributed by atoms with van der Waals surface area (Å²) in [5.74, 6) is -0.527. The van der Waals surface area contributed by atoms with E-state index in [1.807, 2.05) is 0 Å². The topological polar surface area (TPSA) is 237 Å². The SMILES string of the molecule is CCCCCCCCCCCCCC(=O)O[C@H](COC(=O)CCCCCCCCCC)COP(=O)(O)OC[C@H](O)COP(=O)(O)OC[C@@H](COC(=O)CCCCCCCCCCC(C)C)OC(=O)CCCCCCCCCCCCCCCCCCCCC(C)CC. The van der Waals surface area contributed by atoms with E-state index in [1.165, 1.54) is 186 Å². The highest BCUT2D eigenvalue weighted by molar-refractivity contribution is 7.47. The van der Waals surface area contributed by atoms with E-state index in [0.717, 1.165) is 108 Å². The molecule has 0 bridgehead atoms. The van der Waals surface area contributed by atoms with Crippen LogP contribution in [0, 0.1) is 11.8 Å². The molecule has 0 aliphatic rings. The first-order valence-corrected chi connectivity index (χ1v) is 41.0. The van der Waals surface area contributed by atoms with Gasteiger partial charge in [-0.15, -0.1) is 0 Å². The van der Waals surface area contributed by atoms with Crippen LogP contribution in [0.15, 0.2) is 0 Å². The fourth-order valence-corrected chi connectivity index (χ4v) is 12.7. The molecule has 0 aromatic heterocycles. The molecule has 3 unspecified atom stereocenters. The maximum Gasteiger partial charge on any atom is 0.472 e. The third-order valence-corrected chi connectivity index (χ3v) is 19.2. The second-order valence-electron chi connectivity index (χ2n) is 27.1. The fraction of sp³-hybridized carbons (Fsp3) is 0.945. The van der Waals surface area contributed by atoms with Gasteiger partial charge in [-0.25, -0.2) is 9.13 Å². The van der Waals surface area contributed by atoms with Gasteiger partial charge in [0.2, 0.25) is 0 Å². The number of hydrogen-bond acceptors (Lipinski definition) is 15. The van der Waals surface area contributed by atoms with Crippen LogP contribution in [-0.4, -0.2) is 96.7 Å². The van der Waals surface area contributed by atoms with E-state index in [1.54, 1.807) is 0 Å². The van der Waals surface area contributed by atoms with E-state index in [2.05, 4.69) is 41.5 Å². The van der Waals surface area contributed by atoms with Crippen LogP contribution in [0.5, 0.6) is 0 Å². The Morgan fingerprint density at radius 2 is 0.554 bits per heavy atom. The molecular formula is C73H142O17P2. The Morgan fingerprint density at radius 1 is 0.315 bits per heavy atom. The molecule has 0 amide bonds. The first-order chi connectivity index (χ1) is 44.4. The van der Waals surface area contributed by atoms with Crippen molar-refractivity contribution in [1.82, 2.24) is 0 Å². The summed E-state index contributed by atoms with van der Waals surface area (Å²) in [7, 11) is -9.90. The van der Waals surface area contributed by atoms with Gasteiger partial charge in [-0.2, -0.15) is 0 Å². The third-order valence-electron chi connectivity index (χ3n) is 17.3. The van der Waals surface area contributed by atoms with Crippen molar-refractivity contribution >= 4 is 39.5 Å². The van der Waals surface area contributed by atoms with Gasteiger partial charge in [0, 0.05) is 25.7 Å². The highest BCUT2D eigenvalue weighted by atomic mass is 31.2. The van der Waals surface area contributed by atoms with Gasteiger partial charge in [-0.3, -0.25) is 37.3 Å². The van der Waals surface area contributed by atoms with Crippen LogP contribution in [0.1, 0.15) is 375 Å². The summed E-state index contributed by atoms with van der Waals surface area (Å²) < 4.78 is 68.3. The molecule has 3 N–H and O–H groups in total. The molecule has 0 aromatic rings. The van der Waals surface area contributed by atoms with Crippen LogP contribution in [0.2, 0.25) is 0 Å². The minimum atomic E-state index is -4.95. The molecule has 17 nitrogen and oxygen atoms in total. The number of aliphatic hydroxyl groups is 1. The van der Waals surface area contributed by atoms with E-state index < -0.39 is 97.5 Å². The Labute approximate surface area is 562 Å². The molecule has 0 aliphatic heterocycles. The number of unbranched alkanes of at least 4 members (excludes halogenated alkanes) is 41. The zero-order valence-electron chi connectivity index (χ0n) is 59.9. The summed E-state index contributed by atoms with van der Waals surface area (Å²) >= 11 is 0. The van der Waals surface area contributed by atoms with Crippen molar-refractivity contribution in [2.45, 2.75) is 394 Å². The molecule has 0 fully saturated rings. The fourth-order valence-electron chi connectivity index (χ4n) is 11.1. The van der Waals surface area contributed by atoms with Crippen molar-refractivity contribution in [3.05, 3.63) is 0 Å². The second kappa shape index (κ2) is 65.0. The Hall–Kier alpha value is -1.94. The van der Waals surface area contributed by atoms with Crippen LogP contribution in [0.4, 0.5) is 0 Å². The molecule has 546 valence electrons. The monoisotopic (exact) mass is 1350 g/mol. The van der Waals surface area contributed by atoms with Gasteiger partial charge in [0.1, 0.15) is 19.3 Å². The molecule has 0 saturated carbocycles. The van der Waals surface area contributed by atoms with Crippen molar-refractivity contribution in [2.24, 2.45) is 11.8 Å². The van der Waals surface area contributed by atoms with Gasteiger partial charge < -0.3 is 33.8 Å². The van der Waals surface area contributed by atoms with Gasteiger partial charge in [0.05, 0.1) is 26.4 Å². The lowest BCUT2D eigenvalue weighted by molar-refractivity contribution is -0.161. The normalized spacial score (nSPS) is 14.4. The van der Waals surface area contributed by atoms with Gasteiger partial charge in [0.15, 0.2) is 12.2 Å². The highest BCUT2D eigenvalue weighted by Crippen LogP contribution is 2.45. The third kappa shape index (κ3) is 65.4. The molecule has 0 aromatic carbocycles. The lowest BCUT2D eigenvalue weighted by atomic mass is 9.99. The first-order valence-electron chi connectivity index (χ1n) is 38.0. The van der Waals surface area contributed by atoms with Crippen molar-refractivity contribution in [3.8, 4) is 0 Å². The summed E-state index contributed by atoms with van der Waals surface area (Å²) in [5, 5.41) is 10.6. The van der Waals surface area contributed by atoms with Gasteiger partial charge in [-0.05, 0) is 37.5 Å². The highest BCUT2D eigenvalue weighted by Gasteiger charge is 2.30. The number of ether oxygens (including phenoxy) is 4. The predicted octanol–water partition coefficient (Wildman–Crippen LogP) is 21.2. The Bertz CT molecular complexity index is 1790. The van der Waals surface area contributed by atoms with Crippen molar-refractivity contribution in [1.29, 1.82) is 0 Å². The summed E-state index contributed by atoms with van der Waals surface area (Å²) in [6, 6.07) is 0. The van der Waals surface area contributed by atoms with Crippen molar-refractivity contribution in [3.63, 3.8) is 0 Å². The smallest absolute Gasteiger partial charge is 0.462 e. The lowest BCUT2D eigenvalue weighted by Gasteiger charge is -2.21. The van der Waals surface area contributed by atoms with Crippen LogP contribution >= 0.6 is 15.6 Å². The molecule has 0 aliphatic carbocycles. The number of phosphoric ester groups is 2. The minimum absolute atomic E-state index is 0.107. The molecule has 19 heteroatoms. The molecule has 6 atom stereocenters. The van der Waals surface area contributed by atoms with E-state index in [9.17, 15) is 43.2 Å². The maximum absolute atomic E-state index is 13.0. The second-order valence-corrected chi connectivity index (χ2v) is 30.0. The molecule has 0 heterocycles. The van der Waals surface area contributed by atoms with E-state index >= 15 is 0 Å². The van der Waals surface area contributed by atoms with E-state index in [0.29, 0.717) is 25.7 Å². The molecular weight excluding hydrogens is 1210 g/mol. The number of phosphoric acid groups is 2. The van der Waals surface area contributed by atoms with Crippen molar-refractivity contribution in [2.75, 3.05) is 39.6 Å². The predicted molar refractivity (Wildman–Crippen MR) is 372 cm³/mol. The zero-order chi connectivity index (χ0) is 67.9. The van der Waals surface area contributed by atoms with Crippen LogP contribution < -0.4 is 0 Å². The zero-order valence-corrected chi connectivity index (χ0v) is 61.6. The van der Waals surface area contributed by atoms with Crippen LogP contribution in [0.25, 0.3) is 0 Å². The van der Waals surface area contributed by atoms with E-state index in [-0.39, 0.29) is 25.7 Å². The molecule has 0 spiro atoms. The number of hydrogen-bond donors (Lipinski definition) is 3. The lowest BCUT2D eigenvalue weighted by Crippen LogP contribution is -2.30. The number of carbonyl (C=O) groups is 4. The molecule has 0 saturated heterocycles. The molecule has 92 heavy (non-hydrogen) atoms. The summed E-state index contributed by atoms with van der Waals surface area (Å²) in [6.45, 7) is 9.57. The molecule has 0 rings (SSSR count). The van der Waals surface area contributed by atoms with Crippen LogP contribution in [0.3, 0.4) is 0 Å². The Balaban J connectivity index is 5.13. The average molecular weight is 1350 g/mol. The Morgan fingerprint density at radius 3 is 0.826 bits per heavy atom. The quantitative estimate of drug-likeness (QED) is 0.0222. The summed E-state index contributed by atoms with van der Waals surface area (Å²) in [4.78, 5) is 72.5. The maximum atomic E-state index is 13.0. The number of rotatable bonds is 72. The number of carbonyl (C=O) groups excluding carboxylic acids is 4. The standard InChI is InChI=1S/C73H142O17P2/c1-7-10-12-14-16-18-27-31-39-45-51-57-72(77)89-68(61-83-70(75)55-49-43-37-17-15-13-11-8-2)63-87-91(79,80)85-59-67(74)60-86-92(81,82)88-64-69(62-84-71(76)56-50-44-38-34-33-35-41-47-53-65(4)5)90-73(78)58-52-46-40-32-29-26-24-22-20-19-21-23-25-28-30-36-42-48-54-66(6)9-3/h65-69,74H,7-64H2,1-6H3,(H,79,80)(H,81,82)/t66?,67-,68+,69+/m0/s1. The van der Waals surface area contributed by atoms with Gasteiger partial charge >= 0.3 is 39.5 Å². The number of aliphatic hydroxyl groups excluding tert-OH is 1. The summed E-state index contributed by atoms with van der Waals surface area (Å²) in [6.07, 6.45) is 51.5. The van der Waals surface area contributed by atoms with Gasteiger partial charge in [-0.1, -0.05) is 324 Å². The summed E-state index contributed by atoms with van der Waals surface area (Å²) in [5.41, 5.74) is 0. The first kappa shape index (κ1) is 90.1. The minimum Gasteiger partial charge on any atom is -0.462 e. The van der Waals surface area contributed by atoms with Crippen molar-refractivity contribution < 1.29 is 80.2 Å². The van der Waals surface area contributed by atoms with Crippen LogP contribution in [-0.2, 0) is 65.4 Å². The largest absolute Gasteiger partial charge is 0.472 e.